The number of aryl methyl sites for hydroxylation is 1. The zero-order valence-electron chi connectivity index (χ0n) is 60.6. The standard InChI is InChI=1S/C71H110ClF3N12O12/c1-14-46(6)60-67(97)81(9)42-58(90)79(7)43-59(91)83(11)54(39-47-25-18-15-19-26-47)65(95)80(8)41-56(88)76-51(31-29-48-28-30-49(50(72)38-48)71(73,74)75)64(94)87-36-24-27-52(87)63(93)78-70(32-20-16-21-33-70)69(99)85(13)61(45(4)5)68(98)84(12)55(66(96)86-34-22-17-23-35-86)40-57(89)82(10)53(37-44(2)3)62(92)77-60/h28,30,38,44-47,51-55,60-61H,14-27,29,31-37,39-43H2,1-13H3,(H,76,88)(H,77,92)(H,78,93)/t46-,51-,52?,53-,54-,55-,60-,61-/m0/s1. The second kappa shape index (κ2) is 36.0. The fourth-order valence-corrected chi connectivity index (χ4v) is 15.1. The number of likely N-dealkylation sites (tertiary alicyclic amines) is 1. The summed E-state index contributed by atoms with van der Waals surface area (Å²) in [5.41, 5.74) is -2.37. The van der Waals surface area contributed by atoms with E-state index in [9.17, 15) is 51.5 Å². The number of carbonyl (C=O) groups is 12. The van der Waals surface area contributed by atoms with E-state index < -0.39 is 173 Å². The average Bonchev–Trinajstić information content (AvgIpc) is 1.73. The van der Waals surface area contributed by atoms with Crippen LogP contribution in [0.5, 0.6) is 0 Å². The average molecular weight is 1420 g/mol. The van der Waals surface area contributed by atoms with Crippen molar-refractivity contribution >= 4 is 82.5 Å². The zero-order chi connectivity index (χ0) is 73.5. The van der Waals surface area contributed by atoms with Gasteiger partial charge in [0.05, 0.1) is 36.6 Å². The number of nitrogens with one attached hydrogen (secondary N) is 3. The van der Waals surface area contributed by atoms with Crippen LogP contribution in [0.15, 0.2) is 18.2 Å². The van der Waals surface area contributed by atoms with Gasteiger partial charge in [0, 0.05) is 69.0 Å². The van der Waals surface area contributed by atoms with E-state index in [2.05, 4.69) is 16.0 Å². The molecular formula is C71H110ClF3N12O12. The molecule has 3 heterocycles. The molecule has 0 radical (unpaired) electrons. The molecule has 554 valence electrons. The molecule has 1 aromatic rings. The molecule has 99 heavy (non-hydrogen) atoms. The van der Waals surface area contributed by atoms with Gasteiger partial charge < -0.3 is 60.0 Å². The molecule has 6 rings (SSSR count). The molecule has 5 fully saturated rings. The van der Waals surface area contributed by atoms with Crippen molar-refractivity contribution in [2.24, 2.45) is 23.7 Å². The highest BCUT2D eigenvalue weighted by Gasteiger charge is 2.50. The van der Waals surface area contributed by atoms with E-state index in [0.717, 1.165) is 71.8 Å². The number of hydrogen-bond acceptors (Lipinski definition) is 12. The van der Waals surface area contributed by atoms with Crippen molar-refractivity contribution in [3.8, 4) is 0 Å². The highest BCUT2D eigenvalue weighted by Crippen LogP contribution is 2.37. The summed E-state index contributed by atoms with van der Waals surface area (Å²) in [6.45, 7) is 9.86. The lowest BCUT2D eigenvalue weighted by molar-refractivity contribution is -0.157. The Morgan fingerprint density at radius 1 is 0.626 bits per heavy atom. The van der Waals surface area contributed by atoms with Crippen LogP contribution in [0.25, 0.3) is 0 Å². The van der Waals surface area contributed by atoms with Gasteiger partial charge in [-0.15, -0.1) is 0 Å². The molecule has 8 atom stereocenters. The van der Waals surface area contributed by atoms with Gasteiger partial charge in [0.1, 0.15) is 47.8 Å². The van der Waals surface area contributed by atoms with Gasteiger partial charge >= 0.3 is 6.18 Å². The molecule has 1 unspecified atom stereocenters. The normalized spacial score (nSPS) is 26.2. The van der Waals surface area contributed by atoms with Crippen molar-refractivity contribution in [3.63, 3.8) is 0 Å². The molecule has 1 spiro atoms. The highest BCUT2D eigenvalue weighted by atomic mass is 35.5. The van der Waals surface area contributed by atoms with Crippen LogP contribution in [0.1, 0.15) is 181 Å². The number of piperidine rings is 1. The number of amides is 12. The van der Waals surface area contributed by atoms with E-state index >= 15 is 19.2 Å². The van der Waals surface area contributed by atoms with Crippen LogP contribution in [0, 0.1) is 23.7 Å². The molecule has 3 aliphatic heterocycles. The van der Waals surface area contributed by atoms with Crippen LogP contribution in [-0.2, 0) is 70.1 Å². The Morgan fingerprint density at radius 2 is 1.22 bits per heavy atom. The minimum absolute atomic E-state index is 0.0179. The summed E-state index contributed by atoms with van der Waals surface area (Å²) in [4.78, 5) is 190. The van der Waals surface area contributed by atoms with Crippen LogP contribution in [0.2, 0.25) is 5.02 Å². The first-order valence-corrected chi connectivity index (χ1v) is 36.1. The van der Waals surface area contributed by atoms with Crippen LogP contribution < -0.4 is 16.0 Å². The molecular weight excluding hydrogens is 1310 g/mol. The minimum atomic E-state index is -4.76. The Hall–Kier alpha value is -7.06. The van der Waals surface area contributed by atoms with E-state index in [1.54, 1.807) is 25.7 Å². The van der Waals surface area contributed by atoms with Gasteiger partial charge in [0.25, 0.3) is 0 Å². The van der Waals surface area contributed by atoms with Gasteiger partial charge in [0.15, 0.2) is 0 Å². The smallest absolute Gasteiger partial charge is 0.343 e. The SMILES string of the molecule is CC[C@H](C)[C@@H]1NC(=O)[C@H](CC(C)C)N(C)C(=O)C[C@@H](C(=O)N2CCCCC2)N(C)C(=O)[C@H](C(C)C)N(C)C(=O)C2(CCCCC2)NC(=O)C2CCCN2C(=O)[C@H](CCc2ccc(C(F)(F)F)c(Cl)c2)NC(=O)CN(C)C(=O)[C@H](CC2CCCCC2)N(C)C(=O)CN(C)C(=O)CN(C)C1=O. The van der Waals surface area contributed by atoms with Crippen molar-refractivity contribution in [2.45, 2.75) is 230 Å². The van der Waals surface area contributed by atoms with Crippen LogP contribution in [-0.4, -0.2) is 251 Å². The molecule has 2 aliphatic carbocycles. The lowest BCUT2D eigenvalue weighted by Crippen LogP contribution is -2.66. The monoisotopic (exact) mass is 1410 g/mol. The molecule has 24 nitrogen and oxygen atoms in total. The Morgan fingerprint density at radius 3 is 1.82 bits per heavy atom. The highest BCUT2D eigenvalue weighted by molar-refractivity contribution is 6.31. The molecule has 28 heteroatoms. The van der Waals surface area contributed by atoms with Crippen LogP contribution >= 0.6 is 11.6 Å². The lowest BCUT2D eigenvalue weighted by atomic mass is 9.79. The Balaban J connectivity index is 1.43. The summed E-state index contributed by atoms with van der Waals surface area (Å²) in [5, 5.41) is 8.14. The maximum atomic E-state index is 15.6. The number of halogens is 4. The summed E-state index contributed by atoms with van der Waals surface area (Å²) in [5.74, 6) is -9.12. The molecule has 12 amide bonds. The first-order chi connectivity index (χ1) is 46.5. The fraction of sp³-hybridized carbons (Fsp3) is 0.746. The van der Waals surface area contributed by atoms with E-state index in [4.69, 9.17) is 11.6 Å². The van der Waals surface area contributed by atoms with Gasteiger partial charge in [-0.1, -0.05) is 117 Å². The number of nitrogens with zero attached hydrogens (tertiary/aromatic N) is 9. The van der Waals surface area contributed by atoms with Crippen LogP contribution in [0.3, 0.4) is 0 Å². The largest absolute Gasteiger partial charge is 0.417 e. The molecule has 2 saturated carbocycles. The van der Waals surface area contributed by atoms with Crippen molar-refractivity contribution in [1.82, 2.24) is 60.0 Å². The third-order valence-electron chi connectivity index (χ3n) is 21.1. The second-order valence-electron chi connectivity index (χ2n) is 29.4. The zero-order valence-corrected chi connectivity index (χ0v) is 61.4. The van der Waals surface area contributed by atoms with Gasteiger partial charge in [-0.3, -0.25) is 57.5 Å². The molecule has 3 saturated heterocycles. The van der Waals surface area contributed by atoms with E-state index in [-0.39, 0.29) is 63.3 Å². The summed E-state index contributed by atoms with van der Waals surface area (Å²) < 4.78 is 41.6. The molecule has 0 aromatic heterocycles. The molecule has 3 N–H and O–H groups in total. The Kier molecular flexibility index (Phi) is 29.4. The topological polar surface area (TPSA) is 270 Å². The summed E-state index contributed by atoms with van der Waals surface area (Å²) in [7, 11) is 9.87. The molecule has 0 bridgehead atoms. The number of likely N-dealkylation sites (N-methyl/N-ethyl adjacent to an activating group) is 7. The van der Waals surface area contributed by atoms with E-state index in [1.807, 2.05) is 20.8 Å². The van der Waals surface area contributed by atoms with Gasteiger partial charge in [-0.05, 0) is 112 Å². The number of hydrogen-bond donors (Lipinski definition) is 3. The second-order valence-corrected chi connectivity index (χ2v) is 29.8. The first-order valence-electron chi connectivity index (χ1n) is 35.7. The van der Waals surface area contributed by atoms with Gasteiger partial charge in [0.2, 0.25) is 70.9 Å². The van der Waals surface area contributed by atoms with Crippen molar-refractivity contribution in [1.29, 1.82) is 0 Å². The minimum Gasteiger partial charge on any atom is -0.343 e. The third kappa shape index (κ3) is 20.8. The lowest BCUT2D eigenvalue weighted by Gasteiger charge is -2.44. The number of carbonyl (C=O) groups excluding carboxylic acids is 12. The molecule has 5 aliphatic rings. The van der Waals surface area contributed by atoms with Crippen molar-refractivity contribution in [3.05, 3.63) is 34.3 Å². The van der Waals surface area contributed by atoms with Crippen LogP contribution in [0.4, 0.5) is 13.2 Å². The number of rotatable bonds is 11. The molecule has 1 aromatic carbocycles. The van der Waals surface area contributed by atoms with Gasteiger partial charge in [-0.25, -0.2) is 0 Å². The van der Waals surface area contributed by atoms with E-state index in [0.29, 0.717) is 57.2 Å². The first kappa shape index (κ1) is 80.9. The maximum Gasteiger partial charge on any atom is 0.417 e. The summed E-state index contributed by atoms with van der Waals surface area (Å²) >= 11 is 6.15. The summed E-state index contributed by atoms with van der Waals surface area (Å²) in [6, 6.07) is -5.67. The van der Waals surface area contributed by atoms with Gasteiger partial charge in [-0.2, -0.15) is 13.2 Å². The number of alkyl halides is 3. The Bertz CT molecular complexity index is 3060. The number of benzene rings is 1. The third-order valence-corrected chi connectivity index (χ3v) is 21.4. The summed E-state index contributed by atoms with van der Waals surface area (Å²) in [6.07, 6.45) is 4.18. The van der Waals surface area contributed by atoms with Crippen molar-refractivity contribution in [2.75, 3.05) is 88.6 Å². The van der Waals surface area contributed by atoms with E-state index in [1.165, 1.54) is 79.9 Å². The predicted octanol–water partition coefficient (Wildman–Crippen LogP) is 5.89. The maximum absolute atomic E-state index is 15.6. The fourth-order valence-electron chi connectivity index (χ4n) is 14.8. The predicted molar refractivity (Wildman–Crippen MR) is 366 cm³/mol. The number of fused-ring (bicyclic) bond motifs is 1. The Labute approximate surface area is 587 Å². The van der Waals surface area contributed by atoms with Crippen molar-refractivity contribution < 1.29 is 70.7 Å². The quantitative estimate of drug-likeness (QED) is 0.234.